The number of nitrogens with zero attached hydrogens (tertiary/aromatic N) is 3. The summed E-state index contributed by atoms with van der Waals surface area (Å²) in [5.74, 6) is 1.02. The monoisotopic (exact) mass is 352 g/mol. The number of thioether (sulfide) groups is 1. The largest absolute Gasteiger partial charge is 0.325 e. The minimum atomic E-state index is -0.0611. The van der Waals surface area contributed by atoms with Gasteiger partial charge >= 0.3 is 0 Å². The van der Waals surface area contributed by atoms with Crippen LogP contribution in [0.15, 0.2) is 53.7 Å². The van der Waals surface area contributed by atoms with Gasteiger partial charge in [0, 0.05) is 18.3 Å². The Morgan fingerprint density at radius 1 is 1.08 bits per heavy atom. The first-order valence-electron chi connectivity index (χ1n) is 7.98. The molecule has 0 aliphatic carbocycles. The SMILES string of the molecule is Cc1ccc(NC(=O)CSc2nnc(-c3cccc(C)c3)n2C)cc1. The lowest BCUT2D eigenvalue weighted by atomic mass is 10.1. The molecule has 1 amide bonds. The normalized spacial score (nSPS) is 10.7. The van der Waals surface area contributed by atoms with Gasteiger partial charge in [0.25, 0.3) is 0 Å². The van der Waals surface area contributed by atoms with Crippen molar-refractivity contribution in [3.05, 3.63) is 59.7 Å². The molecule has 0 aliphatic heterocycles. The Hall–Kier alpha value is -2.60. The van der Waals surface area contributed by atoms with Gasteiger partial charge in [-0.1, -0.05) is 53.2 Å². The lowest BCUT2D eigenvalue weighted by Crippen LogP contribution is -2.14. The summed E-state index contributed by atoms with van der Waals surface area (Å²) in [5, 5.41) is 12.1. The number of carbonyl (C=O) groups is 1. The van der Waals surface area contributed by atoms with Gasteiger partial charge < -0.3 is 9.88 Å². The molecule has 25 heavy (non-hydrogen) atoms. The van der Waals surface area contributed by atoms with Crippen LogP contribution in [0, 0.1) is 13.8 Å². The molecule has 1 aromatic heterocycles. The molecule has 128 valence electrons. The highest BCUT2D eigenvalue weighted by Gasteiger charge is 2.13. The molecule has 0 unspecified atom stereocenters. The molecular weight excluding hydrogens is 332 g/mol. The van der Waals surface area contributed by atoms with Crippen LogP contribution in [0.25, 0.3) is 11.4 Å². The summed E-state index contributed by atoms with van der Waals surface area (Å²) in [7, 11) is 1.91. The van der Waals surface area contributed by atoms with Gasteiger partial charge in [-0.25, -0.2) is 0 Å². The summed E-state index contributed by atoms with van der Waals surface area (Å²) in [6.45, 7) is 4.06. The van der Waals surface area contributed by atoms with E-state index in [9.17, 15) is 4.79 Å². The van der Waals surface area contributed by atoms with Crippen LogP contribution in [0.1, 0.15) is 11.1 Å². The first-order valence-corrected chi connectivity index (χ1v) is 8.97. The predicted molar refractivity (Wildman–Crippen MR) is 102 cm³/mol. The zero-order chi connectivity index (χ0) is 17.8. The van der Waals surface area contributed by atoms with Crippen molar-refractivity contribution >= 4 is 23.4 Å². The third-order valence-corrected chi connectivity index (χ3v) is 4.80. The molecule has 3 rings (SSSR count). The zero-order valence-corrected chi connectivity index (χ0v) is 15.3. The number of rotatable bonds is 5. The molecule has 1 heterocycles. The van der Waals surface area contributed by atoms with E-state index in [1.807, 2.05) is 67.9 Å². The van der Waals surface area contributed by atoms with E-state index < -0.39 is 0 Å². The molecule has 5 nitrogen and oxygen atoms in total. The second-order valence-electron chi connectivity index (χ2n) is 5.94. The van der Waals surface area contributed by atoms with Gasteiger partial charge in [0.15, 0.2) is 11.0 Å². The van der Waals surface area contributed by atoms with Gasteiger partial charge in [0.2, 0.25) is 5.91 Å². The average molecular weight is 352 g/mol. The van der Waals surface area contributed by atoms with Gasteiger partial charge in [-0.2, -0.15) is 0 Å². The number of aryl methyl sites for hydroxylation is 2. The Labute approximate surface area is 151 Å². The number of hydrogen-bond acceptors (Lipinski definition) is 4. The van der Waals surface area contributed by atoms with Crippen molar-refractivity contribution in [2.75, 3.05) is 11.1 Å². The summed E-state index contributed by atoms with van der Waals surface area (Å²) in [6, 6.07) is 15.9. The second-order valence-corrected chi connectivity index (χ2v) is 6.88. The van der Waals surface area contributed by atoms with Crippen molar-refractivity contribution in [1.82, 2.24) is 14.8 Å². The molecular formula is C19H20N4OS. The Morgan fingerprint density at radius 3 is 2.56 bits per heavy atom. The smallest absolute Gasteiger partial charge is 0.234 e. The highest BCUT2D eigenvalue weighted by Crippen LogP contribution is 2.23. The minimum absolute atomic E-state index is 0.0611. The highest BCUT2D eigenvalue weighted by molar-refractivity contribution is 7.99. The Balaban J connectivity index is 1.64. The van der Waals surface area contributed by atoms with Crippen LogP contribution in [0.2, 0.25) is 0 Å². The molecule has 0 bridgehead atoms. The molecule has 0 radical (unpaired) electrons. The number of hydrogen-bond donors (Lipinski definition) is 1. The van der Waals surface area contributed by atoms with E-state index in [1.54, 1.807) is 0 Å². The summed E-state index contributed by atoms with van der Waals surface area (Å²) >= 11 is 1.37. The second kappa shape index (κ2) is 7.53. The number of carbonyl (C=O) groups excluding carboxylic acids is 1. The van der Waals surface area contributed by atoms with Gasteiger partial charge in [-0.05, 0) is 32.0 Å². The molecule has 1 N–H and O–H groups in total. The van der Waals surface area contributed by atoms with Gasteiger partial charge in [0.05, 0.1) is 5.75 Å². The Kier molecular flexibility index (Phi) is 5.19. The molecule has 0 spiro atoms. The van der Waals surface area contributed by atoms with E-state index in [0.717, 1.165) is 27.8 Å². The van der Waals surface area contributed by atoms with Crippen molar-refractivity contribution in [1.29, 1.82) is 0 Å². The summed E-state index contributed by atoms with van der Waals surface area (Å²) in [4.78, 5) is 12.1. The van der Waals surface area contributed by atoms with Gasteiger partial charge in [-0.15, -0.1) is 10.2 Å². The van der Waals surface area contributed by atoms with Crippen molar-refractivity contribution in [2.45, 2.75) is 19.0 Å². The molecule has 0 atom stereocenters. The van der Waals surface area contributed by atoms with Gasteiger partial charge in [-0.3, -0.25) is 4.79 Å². The molecule has 6 heteroatoms. The molecule has 0 fully saturated rings. The van der Waals surface area contributed by atoms with Crippen LogP contribution in [-0.2, 0) is 11.8 Å². The maximum absolute atomic E-state index is 12.1. The van der Waals surface area contributed by atoms with Crippen LogP contribution >= 0.6 is 11.8 Å². The first-order chi connectivity index (χ1) is 12.0. The number of anilines is 1. The van der Waals surface area contributed by atoms with E-state index in [2.05, 4.69) is 21.6 Å². The van der Waals surface area contributed by atoms with Crippen LogP contribution < -0.4 is 5.32 Å². The Morgan fingerprint density at radius 2 is 1.84 bits per heavy atom. The maximum Gasteiger partial charge on any atom is 0.234 e. The van der Waals surface area contributed by atoms with E-state index in [1.165, 1.54) is 17.3 Å². The summed E-state index contributed by atoms with van der Waals surface area (Å²) < 4.78 is 1.92. The van der Waals surface area contributed by atoms with Crippen molar-refractivity contribution < 1.29 is 4.79 Å². The fraction of sp³-hybridized carbons (Fsp3) is 0.211. The van der Waals surface area contributed by atoms with E-state index >= 15 is 0 Å². The highest BCUT2D eigenvalue weighted by atomic mass is 32.2. The van der Waals surface area contributed by atoms with Gasteiger partial charge in [0.1, 0.15) is 0 Å². The fourth-order valence-electron chi connectivity index (χ4n) is 2.44. The van der Waals surface area contributed by atoms with E-state index in [-0.39, 0.29) is 11.7 Å². The third kappa shape index (κ3) is 4.28. The number of amides is 1. The Bertz CT molecular complexity index is 887. The number of benzene rings is 2. The van der Waals surface area contributed by atoms with E-state index in [4.69, 9.17) is 0 Å². The molecule has 3 aromatic rings. The molecule has 0 aliphatic rings. The first kappa shape index (κ1) is 17.2. The van der Waals surface area contributed by atoms with Crippen molar-refractivity contribution in [3.63, 3.8) is 0 Å². The lowest BCUT2D eigenvalue weighted by molar-refractivity contribution is -0.113. The van der Waals surface area contributed by atoms with E-state index in [0.29, 0.717) is 0 Å². The standard InChI is InChI=1S/C19H20N4OS/c1-13-7-9-16(10-8-13)20-17(24)12-25-19-22-21-18(23(19)3)15-6-4-5-14(2)11-15/h4-11H,12H2,1-3H3,(H,20,24). The molecule has 0 saturated heterocycles. The van der Waals surface area contributed by atoms with Crippen LogP contribution in [-0.4, -0.2) is 26.4 Å². The fourth-order valence-corrected chi connectivity index (χ4v) is 3.15. The van der Waals surface area contributed by atoms with Crippen LogP contribution in [0.3, 0.4) is 0 Å². The topological polar surface area (TPSA) is 59.8 Å². The minimum Gasteiger partial charge on any atom is -0.325 e. The van der Waals surface area contributed by atoms with Crippen molar-refractivity contribution in [2.24, 2.45) is 7.05 Å². The third-order valence-electron chi connectivity index (χ3n) is 3.78. The lowest BCUT2D eigenvalue weighted by Gasteiger charge is -2.06. The maximum atomic E-state index is 12.1. The van der Waals surface area contributed by atoms with Crippen LogP contribution in [0.5, 0.6) is 0 Å². The predicted octanol–water partition coefficient (Wildman–Crippen LogP) is 3.83. The zero-order valence-electron chi connectivity index (χ0n) is 14.5. The van der Waals surface area contributed by atoms with Crippen LogP contribution in [0.4, 0.5) is 5.69 Å². The molecule has 2 aromatic carbocycles. The number of aromatic nitrogens is 3. The quantitative estimate of drug-likeness (QED) is 0.709. The summed E-state index contributed by atoms with van der Waals surface area (Å²) in [6.07, 6.45) is 0. The van der Waals surface area contributed by atoms with Crippen molar-refractivity contribution in [3.8, 4) is 11.4 Å². The number of nitrogens with one attached hydrogen (secondary N) is 1. The summed E-state index contributed by atoms with van der Waals surface area (Å²) in [5.41, 5.74) is 4.16. The average Bonchev–Trinajstić information content (AvgIpc) is 2.96. The molecule has 0 saturated carbocycles.